The molecule has 0 fully saturated rings. The molecule has 0 bridgehead atoms. The number of nitrogens with two attached hydrogens (primary N) is 5. The third-order valence-corrected chi connectivity index (χ3v) is 8.08. The van der Waals surface area contributed by atoms with E-state index >= 15 is 0 Å². The molecule has 5 aromatic carbocycles. The molecular formula is C45H55N5NbO10. The molecular weight excluding hydrogens is 863 g/mol. The largest absolute Gasteiger partial charge is 0.480 e. The average Bonchev–Trinajstić information content (AvgIpc) is 3.23. The molecule has 0 unspecified atom stereocenters. The van der Waals surface area contributed by atoms with Crippen molar-refractivity contribution in [2.75, 3.05) is 0 Å². The quantitative estimate of drug-likeness (QED) is 0.0675. The van der Waals surface area contributed by atoms with Crippen molar-refractivity contribution < 1.29 is 71.9 Å². The molecule has 15 nitrogen and oxygen atoms in total. The maximum Gasteiger partial charge on any atom is 0.320 e. The van der Waals surface area contributed by atoms with Gasteiger partial charge in [-0.3, -0.25) is 24.0 Å². The van der Waals surface area contributed by atoms with Crippen molar-refractivity contribution in [2.24, 2.45) is 28.7 Å². The summed E-state index contributed by atoms with van der Waals surface area (Å²) in [5, 5.41) is 42.6. The fourth-order valence-corrected chi connectivity index (χ4v) is 4.78. The zero-order valence-electron chi connectivity index (χ0n) is 33.5. The van der Waals surface area contributed by atoms with Crippen LogP contribution >= 0.6 is 0 Å². The van der Waals surface area contributed by atoms with Gasteiger partial charge in [-0.25, -0.2) is 0 Å². The number of carboxylic acids is 5. The monoisotopic (exact) mass is 918 g/mol. The Morgan fingerprint density at radius 2 is 0.410 bits per heavy atom. The van der Waals surface area contributed by atoms with Gasteiger partial charge in [-0.05, 0) is 59.9 Å². The van der Waals surface area contributed by atoms with Gasteiger partial charge in [0.2, 0.25) is 0 Å². The molecule has 1 radical (unpaired) electrons. The van der Waals surface area contributed by atoms with E-state index in [-0.39, 0.29) is 22.4 Å². The van der Waals surface area contributed by atoms with E-state index in [1.54, 1.807) is 0 Å². The predicted octanol–water partition coefficient (Wildman–Crippen LogP) is 3.20. The topological polar surface area (TPSA) is 317 Å². The van der Waals surface area contributed by atoms with Crippen molar-refractivity contribution in [1.29, 1.82) is 0 Å². The first-order valence-corrected chi connectivity index (χ1v) is 18.6. The van der Waals surface area contributed by atoms with Crippen LogP contribution in [0, 0.1) is 0 Å². The normalized spacial score (nSPS) is 12.2. The van der Waals surface area contributed by atoms with Crippen LogP contribution in [0.4, 0.5) is 0 Å². The molecule has 0 aliphatic rings. The molecule has 0 aliphatic carbocycles. The number of aliphatic carboxylic acids is 5. The molecule has 0 saturated heterocycles. The molecule has 0 amide bonds. The maximum absolute atomic E-state index is 10.4. The molecule has 325 valence electrons. The summed E-state index contributed by atoms with van der Waals surface area (Å²) < 4.78 is 0. The molecule has 0 heterocycles. The Labute approximate surface area is 370 Å². The molecule has 0 aliphatic heterocycles. The van der Waals surface area contributed by atoms with Crippen molar-refractivity contribution in [3.63, 3.8) is 0 Å². The summed E-state index contributed by atoms with van der Waals surface area (Å²) in [4.78, 5) is 51.9. The average molecular weight is 919 g/mol. The molecule has 0 aromatic heterocycles. The second kappa shape index (κ2) is 31.9. The maximum atomic E-state index is 10.4. The fourth-order valence-electron chi connectivity index (χ4n) is 4.78. The summed E-state index contributed by atoms with van der Waals surface area (Å²) >= 11 is 0. The van der Waals surface area contributed by atoms with Crippen molar-refractivity contribution >= 4 is 29.8 Å². The van der Waals surface area contributed by atoms with Crippen LogP contribution in [0.3, 0.4) is 0 Å². The Kier molecular flexibility index (Phi) is 28.7. The SMILES string of the molecule is N[C@@H](Cc1ccccc1)C(=O)O.N[C@@H](Cc1ccccc1)C(=O)O.N[C@@H](Cc1ccccc1)C(=O)O.N[C@@H](Cc1ccccc1)C(=O)O.N[C@@H](Cc1ccccc1)C(=O)O.[Nb]. The van der Waals surface area contributed by atoms with Gasteiger partial charge < -0.3 is 54.2 Å². The van der Waals surface area contributed by atoms with Crippen molar-refractivity contribution in [3.8, 4) is 0 Å². The third kappa shape index (κ3) is 26.7. The molecule has 15 N–H and O–H groups in total. The van der Waals surface area contributed by atoms with Crippen molar-refractivity contribution in [3.05, 3.63) is 179 Å². The minimum atomic E-state index is -0.959. The van der Waals surface area contributed by atoms with E-state index in [4.69, 9.17) is 54.2 Å². The number of carboxylic acid groups (broad SMARTS) is 5. The minimum absolute atomic E-state index is 0. The summed E-state index contributed by atoms with van der Waals surface area (Å²) in [6.07, 6.45) is 1.93. The number of benzene rings is 5. The van der Waals surface area contributed by atoms with Crippen LogP contribution in [0.15, 0.2) is 152 Å². The van der Waals surface area contributed by atoms with E-state index in [0.29, 0.717) is 32.1 Å². The number of rotatable bonds is 15. The van der Waals surface area contributed by atoms with E-state index in [2.05, 4.69) is 0 Å². The summed E-state index contributed by atoms with van der Waals surface area (Å²) in [6.45, 7) is 0. The van der Waals surface area contributed by atoms with E-state index in [1.807, 2.05) is 152 Å². The first-order chi connectivity index (χ1) is 28.5. The zero-order chi connectivity index (χ0) is 44.9. The van der Waals surface area contributed by atoms with E-state index in [0.717, 1.165) is 27.8 Å². The van der Waals surface area contributed by atoms with Gasteiger partial charge in [0.1, 0.15) is 30.2 Å². The van der Waals surface area contributed by atoms with Crippen LogP contribution < -0.4 is 28.7 Å². The van der Waals surface area contributed by atoms with Gasteiger partial charge in [-0.2, -0.15) is 0 Å². The molecule has 5 atom stereocenters. The number of carbonyl (C=O) groups is 5. The summed E-state index contributed by atoms with van der Waals surface area (Å²) in [5.41, 5.74) is 31.5. The van der Waals surface area contributed by atoms with Crippen molar-refractivity contribution in [2.45, 2.75) is 62.3 Å². The van der Waals surface area contributed by atoms with Gasteiger partial charge in [-0.15, -0.1) is 0 Å². The third-order valence-electron chi connectivity index (χ3n) is 8.08. The van der Waals surface area contributed by atoms with Crippen LogP contribution in [0.2, 0.25) is 0 Å². The molecule has 0 spiro atoms. The minimum Gasteiger partial charge on any atom is -0.480 e. The Bertz CT molecular complexity index is 1630. The van der Waals surface area contributed by atoms with E-state index in [9.17, 15) is 24.0 Å². The van der Waals surface area contributed by atoms with Gasteiger partial charge in [-0.1, -0.05) is 152 Å². The van der Waals surface area contributed by atoms with Gasteiger partial charge in [0.25, 0.3) is 0 Å². The standard InChI is InChI=1S/5C9H11NO2.Nb/c5*10-8(9(11)12)6-7-4-2-1-3-5-7;/h5*1-5,8H,6,10H2,(H,11,12);/t5*8-;/m00000./s1. The van der Waals surface area contributed by atoms with Gasteiger partial charge >= 0.3 is 29.8 Å². The summed E-state index contributed by atoms with van der Waals surface area (Å²) in [6, 6.07) is 42.7. The van der Waals surface area contributed by atoms with Crippen LogP contribution in [0.25, 0.3) is 0 Å². The summed E-state index contributed by atoms with van der Waals surface area (Å²) in [5.74, 6) is -4.80. The van der Waals surface area contributed by atoms with Gasteiger partial charge in [0.15, 0.2) is 0 Å². The van der Waals surface area contributed by atoms with Crippen LogP contribution in [0.1, 0.15) is 27.8 Å². The Morgan fingerprint density at radius 1 is 0.295 bits per heavy atom. The van der Waals surface area contributed by atoms with Crippen LogP contribution in [0.5, 0.6) is 0 Å². The zero-order valence-corrected chi connectivity index (χ0v) is 35.7. The van der Waals surface area contributed by atoms with E-state index < -0.39 is 60.1 Å². The summed E-state index contributed by atoms with van der Waals surface area (Å²) in [7, 11) is 0. The van der Waals surface area contributed by atoms with Crippen molar-refractivity contribution in [1.82, 2.24) is 0 Å². The van der Waals surface area contributed by atoms with Crippen LogP contribution in [-0.4, -0.2) is 85.6 Å². The fraction of sp³-hybridized carbons (Fsp3) is 0.222. The number of hydrogen-bond acceptors (Lipinski definition) is 10. The Hall–Kier alpha value is -6.01. The van der Waals surface area contributed by atoms with E-state index in [1.165, 1.54) is 0 Å². The molecule has 5 rings (SSSR count). The Balaban J connectivity index is 0.000000735. The van der Waals surface area contributed by atoms with Gasteiger partial charge in [0.05, 0.1) is 0 Å². The molecule has 61 heavy (non-hydrogen) atoms. The molecule has 5 aromatic rings. The smallest absolute Gasteiger partial charge is 0.320 e. The molecule has 0 saturated carbocycles. The second-order valence-corrected chi connectivity index (χ2v) is 13.2. The van der Waals surface area contributed by atoms with Crippen LogP contribution in [-0.2, 0) is 78.5 Å². The predicted molar refractivity (Wildman–Crippen MR) is 229 cm³/mol. The van der Waals surface area contributed by atoms with Gasteiger partial charge in [0, 0.05) is 22.4 Å². The molecule has 16 heteroatoms. The second-order valence-electron chi connectivity index (χ2n) is 13.2. The first kappa shape index (κ1) is 55.0. The number of hydrogen-bond donors (Lipinski definition) is 10. The first-order valence-electron chi connectivity index (χ1n) is 18.6. The Morgan fingerprint density at radius 3 is 0.508 bits per heavy atom.